The largest absolute Gasteiger partial charge is 0.398 e. The van der Waals surface area contributed by atoms with Crippen molar-refractivity contribution in [3.05, 3.63) is 64.2 Å². The number of carbonyl (C=O) groups excluding carboxylic acids is 1. The van der Waals surface area contributed by atoms with Crippen molar-refractivity contribution in [3.63, 3.8) is 0 Å². The SMILES string of the molecule is Cc1ccc(C(=O)NC(C)Cc2ccccc2Cl)cc1N. The minimum absolute atomic E-state index is 0.0140. The van der Waals surface area contributed by atoms with Gasteiger partial charge in [0, 0.05) is 22.3 Å². The fraction of sp³-hybridized carbons (Fsp3) is 0.235. The Morgan fingerprint density at radius 3 is 2.67 bits per heavy atom. The first-order valence-electron chi connectivity index (χ1n) is 6.87. The van der Waals surface area contributed by atoms with Crippen LogP contribution in [0.5, 0.6) is 0 Å². The summed E-state index contributed by atoms with van der Waals surface area (Å²) in [5.41, 5.74) is 9.03. The molecule has 0 radical (unpaired) electrons. The molecule has 1 amide bonds. The summed E-state index contributed by atoms with van der Waals surface area (Å²) in [7, 11) is 0. The topological polar surface area (TPSA) is 55.1 Å². The van der Waals surface area contributed by atoms with Crippen LogP contribution in [0.1, 0.15) is 28.4 Å². The number of aryl methyl sites for hydroxylation is 1. The van der Waals surface area contributed by atoms with Gasteiger partial charge in [-0.3, -0.25) is 4.79 Å². The van der Waals surface area contributed by atoms with E-state index in [1.807, 2.05) is 44.2 Å². The van der Waals surface area contributed by atoms with Crippen LogP contribution in [0.15, 0.2) is 42.5 Å². The number of amides is 1. The maximum absolute atomic E-state index is 12.2. The van der Waals surface area contributed by atoms with Gasteiger partial charge in [-0.05, 0) is 49.6 Å². The molecule has 0 fully saturated rings. The molecular formula is C17H19ClN2O. The van der Waals surface area contributed by atoms with E-state index in [0.29, 0.717) is 17.7 Å². The van der Waals surface area contributed by atoms with Crippen LogP contribution >= 0.6 is 11.6 Å². The van der Waals surface area contributed by atoms with Crippen LogP contribution in [0, 0.1) is 6.92 Å². The highest BCUT2D eigenvalue weighted by Crippen LogP contribution is 2.17. The number of nitrogen functional groups attached to an aromatic ring is 1. The van der Waals surface area contributed by atoms with Gasteiger partial charge >= 0.3 is 0 Å². The lowest BCUT2D eigenvalue weighted by Crippen LogP contribution is -2.34. The van der Waals surface area contributed by atoms with E-state index in [9.17, 15) is 4.79 Å². The van der Waals surface area contributed by atoms with Crippen LogP contribution in [0.25, 0.3) is 0 Å². The van der Waals surface area contributed by atoms with Crippen molar-refractivity contribution in [1.82, 2.24) is 5.32 Å². The molecule has 0 aromatic heterocycles. The number of carbonyl (C=O) groups is 1. The van der Waals surface area contributed by atoms with Crippen molar-refractivity contribution < 1.29 is 4.79 Å². The zero-order valence-electron chi connectivity index (χ0n) is 12.2. The summed E-state index contributed by atoms with van der Waals surface area (Å²) >= 11 is 6.13. The molecule has 0 saturated heterocycles. The van der Waals surface area contributed by atoms with Gasteiger partial charge in [0.25, 0.3) is 5.91 Å². The summed E-state index contributed by atoms with van der Waals surface area (Å²) in [6, 6.07) is 13.0. The zero-order valence-corrected chi connectivity index (χ0v) is 12.9. The average Bonchev–Trinajstić information content (AvgIpc) is 2.44. The van der Waals surface area contributed by atoms with Gasteiger partial charge in [-0.1, -0.05) is 35.9 Å². The lowest BCUT2D eigenvalue weighted by molar-refractivity contribution is 0.0940. The predicted molar refractivity (Wildman–Crippen MR) is 87.7 cm³/mol. The Morgan fingerprint density at radius 1 is 1.29 bits per heavy atom. The molecule has 1 atom stereocenters. The Labute approximate surface area is 130 Å². The number of hydrogen-bond donors (Lipinski definition) is 2. The summed E-state index contributed by atoms with van der Waals surface area (Å²) < 4.78 is 0. The van der Waals surface area contributed by atoms with Crippen LogP contribution in [0.3, 0.4) is 0 Å². The van der Waals surface area contributed by atoms with Crippen molar-refractivity contribution in [2.24, 2.45) is 0 Å². The van der Waals surface area contributed by atoms with Gasteiger partial charge in [0.2, 0.25) is 0 Å². The molecule has 2 rings (SSSR count). The molecule has 2 aromatic rings. The second-order valence-corrected chi connectivity index (χ2v) is 5.65. The lowest BCUT2D eigenvalue weighted by Gasteiger charge is -2.15. The van der Waals surface area contributed by atoms with Crippen molar-refractivity contribution >= 4 is 23.2 Å². The zero-order chi connectivity index (χ0) is 15.4. The lowest BCUT2D eigenvalue weighted by atomic mass is 10.1. The number of nitrogens with one attached hydrogen (secondary N) is 1. The molecule has 4 heteroatoms. The van der Waals surface area contributed by atoms with Gasteiger partial charge < -0.3 is 11.1 Å². The third kappa shape index (κ3) is 3.99. The van der Waals surface area contributed by atoms with E-state index in [-0.39, 0.29) is 11.9 Å². The Bertz CT molecular complexity index is 655. The molecule has 1 unspecified atom stereocenters. The second kappa shape index (κ2) is 6.64. The second-order valence-electron chi connectivity index (χ2n) is 5.24. The van der Waals surface area contributed by atoms with Crippen LogP contribution in [-0.2, 0) is 6.42 Å². The van der Waals surface area contributed by atoms with Gasteiger partial charge in [-0.2, -0.15) is 0 Å². The number of halogens is 1. The Morgan fingerprint density at radius 2 is 2.00 bits per heavy atom. The molecule has 0 heterocycles. The van der Waals surface area contributed by atoms with Crippen LogP contribution in [0.4, 0.5) is 5.69 Å². The Balaban J connectivity index is 2.02. The maximum atomic E-state index is 12.2. The first-order valence-corrected chi connectivity index (χ1v) is 7.25. The summed E-state index contributed by atoms with van der Waals surface area (Å²) in [6.45, 7) is 3.87. The monoisotopic (exact) mass is 302 g/mol. The van der Waals surface area contributed by atoms with Crippen molar-refractivity contribution in [3.8, 4) is 0 Å². The normalized spacial score (nSPS) is 12.0. The molecule has 110 valence electrons. The first kappa shape index (κ1) is 15.4. The highest BCUT2D eigenvalue weighted by Gasteiger charge is 2.12. The molecule has 0 aliphatic heterocycles. The summed E-state index contributed by atoms with van der Waals surface area (Å²) in [6.07, 6.45) is 0.687. The average molecular weight is 303 g/mol. The van der Waals surface area contributed by atoms with Crippen molar-refractivity contribution in [2.75, 3.05) is 5.73 Å². The van der Waals surface area contributed by atoms with Crippen molar-refractivity contribution in [1.29, 1.82) is 0 Å². The molecule has 0 spiro atoms. The van der Waals surface area contributed by atoms with E-state index >= 15 is 0 Å². The van der Waals surface area contributed by atoms with E-state index in [1.165, 1.54) is 0 Å². The maximum Gasteiger partial charge on any atom is 0.251 e. The van der Waals surface area contributed by atoms with Gasteiger partial charge in [0.05, 0.1) is 0 Å². The van der Waals surface area contributed by atoms with Crippen LogP contribution < -0.4 is 11.1 Å². The molecule has 21 heavy (non-hydrogen) atoms. The van der Waals surface area contributed by atoms with E-state index in [1.54, 1.807) is 12.1 Å². The van der Waals surface area contributed by atoms with E-state index in [2.05, 4.69) is 5.32 Å². The Hall–Kier alpha value is -2.00. The third-order valence-corrected chi connectivity index (χ3v) is 3.77. The molecule has 0 saturated carbocycles. The highest BCUT2D eigenvalue weighted by molar-refractivity contribution is 6.31. The number of anilines is 1. The molecule has 0 aliphatic rings. The quantitative estimate of drug-likeness (QED) is 0.848. The number of rotatable bonds is 4. The molecule has 2 aromatic carbocycles. The summed E-state index contributed by atoms with van der Waals surface area (Å²) in [5.74, 6) is -0.124. The minimum atomic E-state index is -0.124. The fourth-order valence-corrected chi connectivity index (χ4v) is 2.35. The predicted octanol–water partition coefficient (Wildman–Crippen LogP) is 3.59. The standard InChI is InChI=1S/C17H19ClN2O/c1-11-7-8-14(10-16(11)19)17(21)20-12(2)9-13-5-3-4-6-15(13)18/h3-8,10,12H,9,19H2,1-2H3,(H,20,21). The first-order chi connectivity index (χ1) is 9.97. The summed E-state index contributed by atoms with van der Waals surface area (Å²) in [5, 5.41) is 3.69. The minimum Gasteiger partial charge on any atom is -0.398 e. The highest BCUT2D eigenvalue weighted by atomic mass is 35.5. The smallest absolute Gasteiger partial charge is 0.251 e. The third-order valence-electron chi connectivity index (χ3n) is 3.40. The molecular weight excluding hydrogens is 284 g/mol. The van der Waals surface area contributed by atoms with E-state index in [4.69, 9.17) is 17.3 Å². The van der Waals surface area contributed by atoms with Crippen LogP contribution in [-0.4, -0.2) is 11.9 Å². The van der Waals surface area contributed by atoms with Gasteiger partial charge in [0.15, 0.2) is 0 Å². The number of nitrogens with two attached hydrogens (primary N) is 1. The van der Waals surface area contributed by atoms with E-state index in [0.717, 1.165) is 16.1 Å². The summed E-state index contributed by atoms with van der Waals surface area (Å²) in [4.78, 5) is 12.2. The van der Waals surface area contributed by atoms with E-state index < -0.39 is 0 Å². The molecule has 3 nitrogen and oxygen atoms in total. The number of benzene rings is 2. The van der Waals surface area contributed by atoms with Crippen molar-refractivity contribution in [2.45, 2.75) is 26.3 Å². The van der Waals surface area contributed by atoms with Gasteiger partial charge in [0.1, 0.15) is 0 Å². The van der Waals surface area contributed by atoms with Gasteiger partial charge in [-0.15, -0.1) is 0 Å². The van der Waals surface area contributed by atoms with Gasteiger partial charge in [-0.25, -0.2) is 0 Å². The molecule has 3 N–H and O–H groups in total. The molecule has 0 aliphatic carbocycles. The molecule has 0 bridgehead atoms. The van der Waals surface area contributed by atoms with Crippen LogP contribution in [0.2, 0.25) is 5.02 Å². The fourth-order valence-electron chi connectivity index (χ4n) is 2.13. The number of hydrogen-bond acceptors (Lipinski definition) is 2. The Kier molecular flexibility index (Phi) is 4.86.